The average Bonchev–Trinajstić information content (AvgIpc) is 2.85. The van der Waals surface area contributed by atoms with Gasteiger partial charge in [0.25, 0.3) is 0 Å². The summed E-state index contributed by atoms with van der Waals surface area (Å²) in [6, 6.07) is -0.119. The first-order valence-electron chi connectivity index (χ1n) is 7.14. The van der Waals surface area contributed by atoms with Gasteiger partial charge in [-0.05, 0) is 31.7 Å². The van der Waals surface area contributed by atoms with Crippen LogP contribution in [0.25, 0.3) is 0 Å². The normalized spacial score (nSPS) is 17.5. The third kappa shape index (κ3) is 3.74. The van der Waals surface area contributed by atoms with Gasteiger partial charge < -0.3 is 15.3 Å². The van der Waals surface area contributed by atoms with Crippen LogP contribution in [0.3, 0.4) is 0 Å². The van der Waals surface area contributed by atoms with Crippen LogP contribution in [0.5, 0.6) is 0 Å². The SMILES string of the molecule is Cn1cc(CCNC(=O)N2CCC(C)(C(=O)O)CC2)cn1. The lowest BCUT2D eigenvalue weighted by atomic mass is 9.80. The molecule has 2 rings (SSSR count). The first-order chi connectivity index (χ1) is 9.90. The van der Waals surface area contributed by atoms with Gasteiger partial charge in [-0.3, -0.25) is 9.48 Å². The topological polar surface area (TPSA) is 87.5 Å². The summed E-state index contributed by atoms with van der Waals surface area (Å²) < 4.78 is 1.73. The summed E-state index contributed by atoms with van der Waals surface area (Å²) in [5.74, 6) is -0.779. The van der Waals surface area contributed by atoms with E-state index in [1.807, 2.05) is 13.2 Å². The third-order valence-corrected chi connectivity index (χ3v) is 4.12. The molecule has 7 nitrogen and oxygen atoms in total. The molecule has 0 radical (unpaired) electrons. The monoisotopic (exact) mass is 294 g/mol. The fourth-order valence-corrected chi connectivity index (χ4v) is 2.44. The van der Waals surface area contributed by atoms with Crippen LogP contribution in [0.2, 0.25) is 0 Å². The van der Waals surface area contributed by atoms with Crippen LogP contribution >= 0.6 is 0 Å². The standard InChI is InChI=1S/C14H22N4O3/c1-14(12(19)20)4-7-18(8-5-14)13(21)15-6-3-11-9-16-17(2)10-11/h9-10H,3-8H2,1-2H3,(H,15,21)(H,19,20). The minimum absolute atomic E-state index is 0.119. The fraction of sp³-hybridized carbons (Fsp3) is 0.643. The first-order valence-corrected chi connectivity index (χ1v) is 7.14. The number of carbonyl (C=O) groups excluding carboxylic acids is 1. The molecule has 1 aliphatic heterocycles. The van der Waals surface area contributed by atoms with Gasteiger partial charge in [0, 0.05) is 32.9 Å². The Kier molecular flexibility index (Phi) is 4.50. The zero-order valence-corrected chi connectivity index (χ0v) is 12.5. The zero-order valence-electron chi connectivity index (χ0n) is 12.5. The van der Waals surface area contributed by atoms with E-state index in [4.69, 9.17) is 5.11 Å². The molecule has 0 aromatic carbocycles. The molecule has 1 fully saturated rings. The second-order valence-electron chi connectivity index (χ2n) is 5.86. The van der Waals surface area contributed by atoms with Gasteiger partial charge in [0.05, 0.1) is 11.6 Å². The number of rotatable bonds is 4. The Hall–Kier alpha value is -2.05. The number of aliphatic carboxylic acids is 1. The maximum Gasteiger partial charge on any atom is 0.317 e. The fourth-order valence-electron chi connectivity index (χ4n) is 2.44. The number of urea groups is 1. The molecule has 1 aliphatic rings. The van der Waals surface area contributed by atoms with E-state index in [9.17, 15) is 9.59 Å². The summed E-state index contributed by atoms with van der Waals surface area (Å²) in [4.78, 5) is 24.9. The Balaban J connectivity index is 1.74. The molecular formula is C14H22N4O3. The number of aromatic nitrogens is 2. The molecule has 2 N–H and O–H groups in total. The summed E-state index contributed by atoms with van der Waals surface area (Å²) in [6.45, 7) is 3.27. The summed E-state index contributed by atoms with van der Waals surface area (Å²) in [5, 5.41) is 16.1. The molecule has 1 aromatic rings. The van der Waals surface area contributed by atoms with Crippen molar-refractivity contribution < 1.29 is 14.7 Å². The number of aryl methyl sites for hydroxylation is 1. The van der Waals surface area contributed by atoms with Gasteiger partial charge >= 0.3 is 12.0 Å². The van der Waals surface area contributed by atoms with E-state index in [1.165, 1.54) is 0 Å². The number of nitrogens with zero attached hydrogens (tertiary/aromatic N) is 3. The number of hydrogen-bond donors (Lipinski definition) is 2. The Morgan fingerprint density at radius 2 is 2.10 bits per heavy atom. The highest BCUT2D eigenvalue weighted by atomic mass is 16.4. The van der Waals surface area contributed by atoms with Gasteiger partial charge in [-0.2, -0.15) is 5.10 Å². The number of hydrogen-bond acceptors (Lipinski definition) is 3. The van der Waals surface area contributed by atoms with Crippen molar-refractivity contribution in [1.82, 2.24) is 20.0 Å². The Labute approximate surface area is 123 Å². The van der Waals surface area contributed by atoms with Gasteiger partial charge in [-0.25, -0.2) is 4.79 Å². The molecule has 0 bridgehead atoms. The van der Waals surface area contributed by atoms with Crippen molar-refractivity contribution in [3.05, 3.63) is 18.0 Å². The van der Waals surface area contributed by atoms with Crippen molar-refractivity contribution in [1.29, 1.82) is 0 Å². The summed E-state index contributed by atoms with van der Waals surface area (Å²) in [7, 11) is 1.86. The Morgan fingerprint density at radius 1 is 1.43 bits per heavy atom. The van der Waals surface area contributed by atoms with Crippen LogP contribution in [0.1, 0.15) is 25.3 Å². The van der Waals surface area contributed by atoms with E-state index in [1.54, 1.807) is 22.7 Å². The first kappa shape index (κ1) is 15.3. The van der Waals surface area contributed by atoms with E-state index in [0.717, 1.165) is 12.0 Å². The third-order valence-electron chi connectivity index (χ3n) is 4.12. The molecule has 0 saturated carbocycles. The number of piperidine rings is 1. The highest BCUT2D eigenvalue weighted by Gasteiger charge is 2.37. The molecule has 0 aliphatic carbocycles. The maximum atomic E-state index is 12.0. The van der Waals surface area contributed by atoms with Gasteiger partial charge in [0.1, 0.15) is 0 Å². The van der Waals surface area contributed by atoms with Gasteiger partial charge in [-0.15, -0.1) is 0 Å². The number of carboxylic acid groups (broad SMARTS) is 1. The lowest BCUT2D eigenvalue weighted by Crippen LogP contribution is -2.49. The molecule has 0 atom stereocenters. The highest BCUT2D eigenvalue weighted by Crippen LogP contribution is 2.30. The molecule has 116 valence electrons. The van der Waals surface area contributed by atoms with Crippen LogP contribution in [0.4, 0.5) is 4.79 Å². The molecule has 21 heavy (non-hydrogen) atoms. The zero-order chi connectivity index (χ0) is 15.5. The largest absolute Gasteiger partial charge is 0.481 e. The van der Waals surface area contributed by atoms with E-state index < -0.39 is 11.4 Å². The molecule has 0 unspecified atom stereocenters. The number of carbonyl (C=O) groups is 2. The number of amides is 2. The molecule has 0 spiro atoms. The van der Waals surface area contributed by atoms with Crippen LogP contribution in [0.15, 0.2) is 12.4 Å². The predicted octanol–water partition coefficient (Wildman–Crippen LogP) is 0.859. The van der Waals surface area contributed by atoms with Crippen LogP contribution in [-0.4, -0.2) is 51.4 Å². The maximum absolute atomic E-state index is 12.0. The second-order valence-corrected chi connectivity index (χ2v) is 5.86. The minimum atomic E-state index is -0.779. The van der Waals surface area contributed by atoms with E-state index >= 15 is 0 Å². The second kappa shape index (κ2) is 6.15. The molecule has 7 heteroatoms. The van der Waals surface area contributed by atoms with Crippen molar-refractivity contribution in [2.75, 3.05) is 19.6 Å². The van der Waals surface area contributed by atoms with Crippen LogP contribution in [-0.2, 0) is 18.3 Å². The molecule has 1 aromatic heterocycles. The van der Waals surface area contributed by atoms with Gasteiger partial charge in [-0.1, -0.05) is 0 Å². The van der Waals surface area contributed by atoms with Crippen molar-refractivity contribution in [3.8, 4) is 0 Å². The number of carboxylic acids is 1. The lowest BCUT2D eigenvalue weighted by Gasteiger charge is -2.36. The predicted molar refractivity (Wildman–Crippen MR) is 76.9 cm³/mol. The van der Waals surface area contributed by atoms with Crippen molar-refractivity contribution in [2.24, 2.45) is 12.5 Å². The van der Waals surface area contributed by atoms with E-state index in [0.29, 0.717) is 32.5 Å². The lowest BCUT2D eigenvalue weighted by molar-refractivity contribution is -0.150. The van der Waals surface area contributed by atoms with Crippen molar-refractivity contribution >= 4 is 12.0 Å². The van der Waals surface area contributed by atoms with Gasteiger partial charge in [0.15, 0.2) is 0 Å². The smallest absolute Gasteiger partial charge is 0.317 e. The molecule has 2 amide bonds. The van der Waals surface area contributed by atoms with Crippen molar-refractivity contribution in [2.45, 2.75) is 26.2 Å². The van der Waals surface area contributed by atoms with E-state index in [2.05, 4.69) is 10.4 Å². The molecule has 2 heterocycles. The van der Waals surface area contributed by atoms with E-state index in [-0.39, 0.29) is 6.03 Å². The van der Waals surface area contributed by atoms with Crippen LogP contribution in [0, 0.1) is 5.41 Å². The number of likely N-dealkylation sites (tertiary alicyclic amines) is 1. The van der Waals surface area contributed by atoms with Crippen molar-refractivity contribution in [3.63, 3.8) is 0 Å². The quantitative estimate of drug-likeness (QED) is 0.862. The Morgan fingerprint density at radius 3 is 2.62 bits per heavy atom. The molecule has 1 saturated heterocycles. The number of nitrogens with one attached hydrogen (secondary N) is 1. The Bertz CT molecular complexity index is 518. The van der Waals surface area contributed by atoms with Crippen LogP contribution < -0.4 is 5.32 Å². The van der Waals surface area contributed by atoms with Gasteiger partial charge in [0.2, 0.25) is 0 Å². The minimum Gasteiger partial charge on any atom is -0.481 e. The summed E-state index contributed by atoms with van der Waals surface area (Å²) >= 11 is 0. The summed E-state index contributed by atoms with van der Waals surface area (Å²) in [6.07, 6.45) is 5.44. The summed E-state index contributed by atoms with van der Waals surface area (Å²) in [5.41, 5.74) is 0.377. The molecular weight excluding hydrogens is 272 g/mol. The highest BCUT2D eigenvalue weighted by molar-refractivity contribution is 5.76. The average molecular weight is 294 g/mol.